The third kappa shape index (κ3) is 8.80. The molecule has 3 saturated heterocycles. The van der Waals surface area contributed by atoms with Gasteiger partial charge in [-0.05, 0) is 125 Å². The van der Waals surface area contributed by atoms with Crippen molar-refractivity contribution in [2.24, 2.45) is 5.41 Å². The van der Waals surface area contributed by atoms with Crippen molar-refractivity contribution < 1.29 is 14.3 Å². The summed E-state index contributed by atoms with van der Waals surface area (Å²) in [6.07, 6.45) is 8.93. The molecule has 4 heterocycles. The summed E-state index contributed by atoms with van der Waals surface area (Å²) in [5.74, 6) is 1.55. The van der Waals surface area contributed by atoms with Gasteiger partial charge in [0.1, 0.15) is 18.0 Å². The Morgan fingerprint density at radius 1 is 0.870 bits per heavy atom. The van der Waals surface area contributed by atoms with Gasteiger partial charge < -0.3 is 24.2 Å². The lowest BCUT2D eigenvalue weighted by Gasteiger charge is -2.56. The van der Waals surface area contributed by atoms with Crippen LogP contribution in [-0.2, 0) is 16.8 Å². The van der Waals surface area contributed by atoms with Crippen LogP contribution in [0.15, 0.2) is 54.7 Å². The first-order valence-electron chi connectivity index (χ1n) is 19.8. The summed E-state index contributed by atoms with van der Waals surface area (Å²) >= 11 is 6.30. The highest BCUT2D eigenvalue weighted by Crippen LogP contribution is 2.51. The van der Waals surface area contributed by atoms with Crippen molar-refractivity contribution >= 4 is 23.6 Å². The van der Waals surface area contributed by atoms with Gasteiger partial charge in [0.2, 0.25) is 5.95 Å². The standard InChI is InChI=1S/C43H56ClN7O3/c1-41(2,3)54-40(52)51-18-13-43(14-19-51)27-37(28-43)48-16-11-36(12-17-48)49-20-22-50(23-21-49)39-46-15-10-35(47-39)30-53-38-8-6-32(7-9-38)42(4,5)33-24-31(29-45)25-34(44)26-33/h6-10,15,24-26,36-37H,11-14,16-23,27-28,30H2,1-5H3. The summed E-state index contributed by atoms with van der Waals surface area (Å²) in [4.78, 5) is 31.7. The quantitative estimate of drug-likeness (QED) is 0.230. The van der Waals surface area contributed by atoms with E-state index in [0.29, 0.717) is 34.7 Å². The number of hydrogen-bond acceptors (Lipinski definition) is 9. The number of amides is 1. The highest BCUT2D eigenvalue weighted by molar-refractivity contribution is 6.30. The SMILES string of the molecule is CC(C)(C)OC(=O)N1CCC2(CC1)CC(N1CCC(N3CCN(c4nccc(COc5ccc(C(C)(C)c6cc(Cl)cc(C#N)c6)cc5)n4)CC3)CC1)C2. The van der Waals surface area contributed by atoms with E-state index < -0.39 is 5.60 Å². The molecule has 54 heavy (non-hydrogen) atoms. The van der Waals surface area contributed by atoms with Crippen LogP contribution in [0.4, 0.5) is 10.7 Å². The Labute approximate surface area is 326 Å². The smallest absolute Gasteiger partial charge is 0.410 e. The van der Waals surface area contributed by atoms with Gasteiger partial charge in [0, 0.05) is 68.0 Å². The van der Waals surface area contributed by atoms with E-state index in [2.05, 4.69) is 51.7 Å². The molecule has 0 radical (unpaired) electrons. The summed E-state index contributed by atoms with van der Waals surface area (Å²) in [6.45, 7) is 18.4. The molecule has 1 saturated carbocycles. The predicted molar refractivity (Wildman–Crippen MR) is 212 cm³/mol. The summed E-state index contributed by atoms with van der Waals surface area (Å²) in [7, 11) is 0. The molecule has 4 aliphatic rings. The Balaban J connectivity index is 0.831. The number of halogens is 1. The lowest BCUT2D eigenvalue weighted by atomic mass is 9.60. The second kappa shape index (κ2) is 15.7. The molecule has 0 N–H and O–H groups in total. The van der Waals surface area contributed by atoms with Crippen LogP contribution in [0.3, 0.4) is 0 Å². The molecule has 3 aromatic rings. The largest absolute Gasteiger partial charge is 0.487 e. The lowest BCUT2D eigenvalue weighted by molar-refractivity contribution is -0.0577. The Hall–Kier alpha value is -3.91. The normalized spacial score (nSPS) is 20.4. The maximum absolute atomic E-state index is 12.5. The summed E-state index contributed by atoms with van der Waals surface area (Å²) in [5.41, 5.74) is 3.17. The molecule has 4 fully saturated rings. The van der Waals surface area contributed by atoms with Crippen molar-refractivity contribution in [3.8, 4) is 11.8 Å². The maximum atomic E-state index is 12.5. The van der Waals surface area contributed by atoms with Crippen LogP contribution in [0, 0.1) is 16.7 Å². The van der Waals surface area contributed by atoms with Gasteiger partial charge in [-0.15, -0.1) is 0 Å². The van der Waals surface area contributed by atoms with Gasteiger partial charge in [-0.1, -0.05) is 37.6 Å². The molecule has 2 aromatic carbocycles. The van der Waals surface area contributed by atoms with Gasteiger partial charge in [-0.3, -0.25) is 4.90 Å². The fourth-order valence-electron chi connectivity index (χ4n) is 8.92. The molecule has 7 rings (SSSR count). The van der Waals surface area contributed by atoms with E-state index in [1.807, 2.05) is 62.2 Å². The number of piperidine rings is 2. The van der Waals surface area contributed by atoms with Crippen LogP contribution < -0.4 is 9.64 Å². The molecule has 1 spiro atoms. The van der Waals surface area contributed by atoms with Crippen LogP contribution in [0.2, 0.25) is 5.02 Å². The Morgan fingerprint density at radius 2 is 1.54 bits per heavy atom. The highest BCUT2D eigenvalue weighted by atomic mass is 35.5. The number of benzene rings is 2. The second-order valence-electron chi connectivity index (χ2n) is 17.4. The monoisotopic (exact) mass is 753 g/mol. The van der Waals surface area contributed by atoms with E-state index in [-0.39, 0.29) is 11.5 Å². The average Bonchev–Trinajstić information content (AvgIpc) is 3.15. The first-order chi connectivity index (χ1) is 25.8. The number of carbonyl (C=O) groups excluding carboxylic acids is 1. The fourth-order valence-corrected chi connectivity index (χ4v) is 9.16. The molecule has 10 nitrogen and oxygen atoms in total. The number of hydrogen-bond donors (Lipinski definition) is 0. The number of carbonyl (C=O) groups is 1. The summed E-state index contributed by atoms with van der Waals surface area (Å²) in [6, 6.07) is 19.1. The van der Waals surface area contributed by atoms with E-state index in [4.69, 9.17) is 26.1 Å². The molecule has 0 bridgehead atoms. The third-order valence-corrected chi connectivity index (χ3v) is 12.6. The molecule has 288 valence electrons. The minimum absolute atomic E-state index is 0.157. The molecule has 1 aliphatic carbocycles. The van der Waals surface area contributed by atoms with Gasteiger partial charge in [0.05, 0.1) is 17.3 Å². The summed E-state index contributed by atoms with van der Waals surface area (Å²) < 4.78 is 11.8. The van der Waals surface area contributed by atoms with E-state index in [1.165, 1.54) is 38.8 Å². The van der Waals surface area contributed by atoms with Crippen LogP contribution in [-0.4, -0.2) is 101 Å². The van der Waals surface area contributed by atoms with Gasteiger partial charge in [0.15, 0.2) is 0 Å². The zero-order valence-electron chi connectivity index (χ0n) is 32.7. The van der Waals surface area contributed by atoms with Crippen LogP contribution in [0.1, 0.15) is 95.5 Å². The van der Waals surface area contributed by atoms with E-state index in [1.54, 1.807) is 6.07 Å². The molecule has 11 heteroatoms. The molecule has 0 atom stereocenters. The zero-order valence-corrected chi connectivity index (χ0v) is 33.4. The number of likely N-dealkylation sites (tertiary alicyclic amines) is 2. The van der Waals surface area contributed by atoms with Gasteiger partial charge >= 0.3 is 6.09 Å². The molecule has 1 aromatic heterocycles. The average molecular weight is 754 g/mol. The topological polar surface area (TPSA) is 98.1 Å². The number of ether oxygens (including phenoxy) is 2. The Kier molecular flexibility index (Phi) is 11.1. The minimum Gasteiger partial charge on any atom is -0.487 e. The zero-order chi connectivity index (χ0) is 38.1. The van der Waals surface area contributed by atoms with Crippen molar-refractivity contribution in [1.82, 2.24) is 24.7 Å². The van der Waals surface area contributed by atoms with Crippen molar-refractivity contribution in [3.63, 3.8) is 0 Å². The van der Waals surface area contributed by atoms with Gasteiger partial charge in [-0.25, -0.2) is 14.8 Å². The Morgan fingerprint density at radius 3 is 2.19 bits per heavy atom. The van der Waals surface area contributed by atoms with E-state index >= 15 is 0 Å². The predicted octanol–water partition coefficient (Wildman–Crippen LogP) is 7.67. The molecular formula is C43H56ClN7O3. The number of aromatic nitrogens is 2. The molecule has 0 unspecified atom stereocenters. The fraction of sp³-hybridized carbons (Fsp3) is 0.581. The number of nitrogens with zero attached hydrogens (tertiary/aromatic N) is 7. The van der Waals surface area contributed by atoms with Crippen LogP contribution in [0.25, 0.3) is 0 Å². The Bertz CT molecular complexity index is 1810. The second-order valence-corrected chi connectivity index (χ2v) is 17.9. The number of piperazine rings is 1. The number of nitriles is 1. The van der Waals surface area contributed by atoms with Crippen molar-refractivity contribution in [2.75, 3.05) is 57.3 Å². The lowest BCUT2D eigenvalue weighted by Crippen LogP contribution is -2.59. The van der Waals surface area contributed by atoms with E-state index in [0.717, 1.165) is 80.6 Å². The highest BCUT2D eigenvalue weighted by Gasteiger charge is 2.49. The van der Waals surface area contributed by atoms with Crippen molar-refractivity contribution in [1.29, 1.82) is 5.26 Å². The van der Waals surface area contributed by atoms with Gasteiger partial charge in [-0.2, -0.15) is 5.26 Å². The molecule has 1 amide bonds. The number of rotatable bonds is 8. The summed E-state index contributed by atoms with van der Waals surface area (Å²) in [5, 5.41) is 9.97. The minimum atomic E-state index is -0.439. The first kappa shape index (κ1) is 38.4. The van der Waals surface area contributed by atoms with Gasteiger partial charge in [0.25, 0.3) is 0 Å². The molecular weight excluding hydrogens is 698 g/mol. The van der Waals surface area contributed by atoms with Crippen molar-refractivity contribution in [3.05, 3.63) is 82.1 Å². The number of anilines is 1. The maximum Gasteiger partial charge on any atom is 0.410 e. The van der Waals surface area contributed by atoms with Crippen LogP contribution >= 0.6 is 11.6 Å². The molecule has 3 aliphatic heterocycles. The van der Waals surface area contributed by atoms with E-state index in [9.17, 15) is 10.1 Å². The first-order valence-corrected chi connectivity index (χ1v) is 20.1. The van der Waals surface area contributed by atoms with Crippen LogP contribution in [0.5, 0.6) is 5.75 Å². The third-order valence-electron chi connectivity index (χ3n) is 12.4. The van der Waals surface area contributed by atoms with Crippen molar-refractivity contribution in [2.45, 2.75) is 103 Å².